The number of para-hydroxylation sites is 2. The second-order valence-corrected chi connectivity index (χ2v) is 6.27. The van der Waals surface area contributed by atoms with Crippen molar-refractivity contribution in [3.05, 3.63) is 24.3 Å². The number of nitrogens with one attached hydrogen (secondary N) is 1. The molecule has 2 fully saturated rings. The highest BCUT2D eigenvalue weighted by Crippen LogP contribution is 2.31. The van der Waals surface area contributed by atoms with Crippen LogP contribution in [0.4, 0.5) is 11.4 Å². The Bertz CT molecular complexity index is 579. The molecular weight excluding hydrogens is 314 g/mol. The Morgan fingerprint density at radius 2 is 2.04 bits per heavy atom. The van der Waals surface area contributed by atoms with Crippen molar-refractivity contribution >= 4 is 35.6 Å². The number of nitrogens with two attached hydrogens (primary N) is 1. The van der Waals surface area contributed by atoms with Crippen LogP contribution in [0, 0.1) is 5.92 Å². The molecule has 1 aliphatic heterocycles. The van der Waals surface area contributed by atoms with Gasteiger partial charge in [-0.3, -0.25) is 9.59 Å². The second kappa shape index (κ2) is 7.79. The van der Waals surface area contributed by atoms with Gasteiger partial charge in [0.05, 0.1) is 11.4 Å². The molecule has 2 aliphatic rings. The topological polar surface area (TPSA) is 75.4 Å². The van der Waals surface area contributed by atoms with Gasteiger partial charge >= 0.3 is 0 Å². The first kappa shape index (κ1) is 17.8. The van der Waals surface area contributed by atoms with E-state index in [4.69, 9.17) is 5.73 Å². The van der Waals surface area contributed by atoms with E-state index in [1.807, 2.05) is 24.3 Å². The van der Waals surface area contributed by atoms with E-state index in [-0.39, 0.29) is 36.2 Å². The Morgan fingerprint density at radius 1 is 1.26 bits per heavy atom. The molecule has 1 aromatic rings. The SMILES string of the molecule is Cl.N[C@@H]1CCC[C@H]1CC(=O)Nc1ccccc1N1CCCC1=O. The van der Waals surface area contributed by atoms with Gasteiger partial charge in [0.25, 0.3) is 0 Å². The highest BCUT2D eigenvalue weighted by Gasteiger charge is 2.27. The van der Waals surface area contributed by atoms with Crippen LogP contribution >= 0.6 is 12.4 Å². The standard InChI is InChI=1S/C17H23N3O2.ClH/c18-13-6-3-5-12(13)11-16(21)19-14-7-1-2-8-15(14)20-10-4-9-17(20)22;/h1-2,7-8,12-13H,3-6,9-11,18H2,(H,19,21);1H/t12-,13+;/m0./s1. The molecule has 1 heterocycles. The lowest BCUT2D eigenvalue weighted by Gasteiger charge is -2.21. The predicted molar refractivity (Wildman–Crippen MR) is 93.8 cm³/mol. The van der Waals surface area contributed by atoms with Gasteiger partial charge in [-0.05, 0) is 37.3 Å². The van der Waals surface area contributed by atoms with Crippen LogP contribution in [0.1, 0.15) is 38.5 Å². The monoisotopic (exact) mass is 337 g/mol. The van der Waals surface area contributed by atoms with E-state index in [0.717, 1.165) is 37.9 Å². The zero-order valence-corrected chi connectivity index (χ0v) is 14.0. The quantitative estimate of drug-likeness (QED) is 0.887. The maximum Gasteiger partial charge on any atom is 0.227 e. The van der Waals surface area contributed by atoms with Gasteiger partial charge in [-0.15, -0.1) is 12.4 Å². The number of amides is 2. The summed E-state index contributed by atoms with van der Waals surface area (Å²) < 4.78 is 0. The molecule has 0 aromatic heterocycles. The van der Waals surface area contributed by atoms with Crippen molar-refractivity contribution in [1.29, 1.82) is 0 Å². The summed E-state index contributed by atoms with van der Waals surface area (Å²) in [4.78, 5) is 26.0. The average molecular weight is 338 g/mol. The Kier molecular flexibility index (Phi) is 6.02. The third-order valence-electron chi connectivity index (χ3n) is 4.71. The van der Waals surface area contributed by atoms with E-state index < -0.39 is 0 Å². The summed E-state index contributed by atoms with van der Waals surface area (Å²) in [6, 6.07) is 7.65. The first-order valence-corrected chi connectivity index (χ1v) is 8.10. The summed E-state index contributed by atoms with van der Waals surface area (Å²) in [6.45, 7) is 0.721. The maximum absolute atomic E-state index is 12.3. The van der Waals surface area contributed by atoms with E-state index in [2.05, 4.69) is 5.32 Å². The lowest BCUT2D eigenvalue weighted by Crippen LogP contribution is -2.29. The smallest absolute Gasteiger partial charge is 0.227 e. The van der Waals surface area contributed by atoms with Crippen molar-refractivity contribution in [3.8, 4) is 0 Å². The lowest BCUT2D eigenvalue weighted by atomic mass is 10.00. The van der Waals surface area contributed by atoms with Gasteiger partial charge in [0.15, 0.2) is 0 Å². The molecule has 0 spiro atoms. The molecule has 1 aromatic carbocycles. The molecule has 3 rings (SSSR count). The number of anilines is 2. The number of rotatable bonds is 4. The normalized spacial score (nSPS) is 23.7. The molecule has 1 saturated heterocycles. The highest BCUT2D eigenvalue weighted by atomic mass is 35.5. The van der Waals surface area contributed by atoms with Crippen molar-refractivity contribution in [2.45, 2.75) is 44.6 Å². The van der Waals surface area contributed by atoms with Crippen LogP contribution in [-0.4, -0.2) is 24.4 Å². The van der Waals surface area contributed by atoms with E-state index >= 15 is 0 Å². The summed E-state index contributed by atoms with van der Waals surface area (Å²) in [5.41, 5.74) is 7.55. The molecule has 2 atom stereocenters. The maximum atomic E-state index is 12.3. The molecule has 5 nitrogen and oxygen atoms in total. The Labute approximate surface area is 143 Å². The molecule has 6 heteroatoms. The number of hydrogen-bond donors (Lipinski definition) is 2. The van der Waals surface area contributed by atoms with Gasteiger partial charge in [-0.1, -0.05) is 18.6 Å². The van der Waals surface area contributed by atoms with E-state index in [0.29, 0.717) is 18.5 Å². The third kappa shape index (κ3) is 4.03. The number of carbonyl (C=O) groups is 2. The van der Waals surface area contributed by atoms with Crippen LogP contribution in [0.3, 0.4) is 0 Å². The lowest BCUT2D eigenvalue weighted by molar-refractivity contribution is -0.118. The fraction of sp³-hybridized carbons (Fsp3) is 0.529. The summed E-state index contributed by atoms with van der Waals surface area (Å²) in [6.07, 6.45) is 5.07. The van der Waals surface area contributed by atoms with Crippen molar-refractivity contribution in [2.75, 3.05) is 16.8 Å². The molecule has 126 valence electrons. The molecular formula is C17H24ClN3O2. The van der Waals surface area contributed by atoms with Crippen LogP contribution in [0.5, 0.6) is 0 Å². The second-order valence-electron chi connectivity index (χ2n) is 6.27. The van der Waals surface area contributed by atoms with Crippen LogP contribution < -0.4 is 16.0 Å². The zero-order valence-electron chi connectivity index (χ0n) is 13.2. The predicted octanol–water partition coefficient (Wildman–Crippen LogP) is 2.69. The van der Waals surface area contributed by atoms with Gasteiger partial charge in [0.2, 0.25) is 11.8 Å². The minimum atomic E-state index is -0.0126. The largest absolute Gasteiger partial charge is 0.327 e. The molecule has 1 saturated carbocycles. The van der Waals surface area contributed by atoms with Gasteiger partial charge in [-0.2, -0.15) is 0 Å². The Hall–Kier alpha value is -1.59. The number of benzene rings is 1. The molecule has 0 unspecified atom stereocenters. The highest BCUT2D eigenvalue weighted by molar-refractivity contribution is 6.02. The van der Waals surface area contributed by atoms with Crippen molar-refractivity contribution in [3.63, 3.8) is 0 Å². The number of halogens is 1. The van der Waals surface area contributed by atoms with E-state index in [9.17, 15) is 9.59 Å². The third-order valence-corrected chi connectivity index (χ3v) is 4.71. The van der Waals surface area contributed by atoms with Gasteiger partial charge in [0, 0.05) is 25.4 Å². The fourth-order valence-electron chi connectivity index (χ4n) is 3.48. The molecule has 1 aliphatic carbocycles. The molecule has 23 heavy (non-hydrogen) atoms. The van der Waals surface area contributed by atoms with Crippen molar-refractivity contribution in [2.24, 2.45) is 11.7 Å². The van der Waals surface area contributed by atoms with Crippen LogP contribution in [-0.2, 0) is 9.59 Å². The van der Waals surface area contributed by atoms with E-state index in [1.165, 1.54) is 0 Å². The van der Waals surface area contributed by atoms with Crippen molar-refractivity contribution in [1.82, 2.24) is 0 Å². The first-order chi connectivity index (χ1) is 10.6. The molecule has 0 radical (unpaired) electrons. The first-order valence-electron chi connectivity index (χ1n) is 8.10. The minimum Gasteiger partial charge on any atom is -0.327 e. The fourth-order valence-corrected chi connectivity index (χ4v) is 3.48. The van der Waals surface area contributed by atoms with Gasteiger partial charge < -0.3 is 16.0 Å². The van der Waals surface area contributed by atoms with Gasteiger partial charge in [-0.25, -0.2) is 0 Å². The number of carbonyl (C=O) groups excluding carboxylic acids is 2. The number of hydrogen-bond acceptors (Lipinski definition) is 3. The zero-order chi connectivity index (χ0) is 15.5. The summed E-state index contributed by atoms with van der Waals surface area (Å²) >= 11 is 0. The minimum absolute atomic E-state index is 0. The molecule has 2 amide bonds. The Morgan fingerprint density at radius 3 is 2.70 bits per heavy atom. The molecule has 0 bridgehead atoms. The van der Waals surface area contributed by atoms with Crippen LogP contribution in [0.25, 0.3) is 0 Å². The summed E-state index contributed by atoms with van der Waals surface area (Å²) in [5.74, 6) is 0.390. The van der Waals surface area contributed by atoms with Crippen LogP contribution in [0.15, 0.2) is 24.3 Å². The summed E-state index contributed by atoms with van der Waals surface area (Å²) in [7, 11) is 0. The van der Waals surface area contributed by atoms with Gasteiger partial charge in [0.1, 0.15) is 0 Å². The number of nitrogens with zero attached hydrogens (tertiary/aromatic N) is 1. The molecule has 3 N–H and O–H groups in total. The average Bonchev–Trinajstić information content (AvgIpc) is 3.09. The summed E-state index contributed by atoms with van der Waals surface area (Å²) in [5, 5.41) is 2.97. The Balaban J connectivity index is 0.00000192. The van der Waals surface area contributed by atoms with Crippen molar-refractivity contribution < 1.29 is 9.59 Å². The van der Waals surface area contributed by atoms with Crippen LogP contribution in [0.2, 0.25) is 0 Å². The van der Waals surface area contributed by atoms with E-state index in [1.54, 1.807) is 4.90 Å².